The third kappa shape index (κ3) is 6.59. The Morgan fingerprint density at radius 2 is 1.78 bits per heavy atom. The summed E-state index contributed by atoms with van der Waals surface area (Å²) in [4.78, 5) is 10.8. The van der Waals surface area contributed by atoms with Crippen LogP contribution in [-0.4, -0.2) is 36.1 Å². The molecule has 0 fully saturated rings. The molecule has 6 nitrogen and oxygen atoms in total. The SMILES string of the molecule is Cc1cc(O)c(C(C)(C)O)cc1CCC(C[N+](=O)[O-])O[Si](C)(C)C(C)(C)C. The molecule has 0 bridgehead atoms. The van der Waals surface area contributed by atoms with Crippen LogP contribution in [0.15, 0.2) is 12.1 Å². The lowest BCUT2D eigenvalue weighted by molar-refractivity contribution is -0.489. The highest BCUT2D eigenvalue weighted by molar-refractivity contribution is 6.74. The zero-order chi connectivity index (χ0) is 21.2. The fourth-order valence-corrected chi connectivity index (χ4v) is 4.14. The highest BCUT2D eigenvalue weighted by Crippen LogP contribution is 2.38. The molecule has 0 saturated heterocycles. The summed E-state index contributed by atoms with van der Waals surface area (Å²) in [6, 6.07) is 3.43. The minimum absolute atomic E-state index is 0.0234. The molecule has 0 amide bonds. The predicted octanol–water partition coefficient (Wildman–Crippen LogP) is 4.53. The largest absolute Gasteiger partial charge is 0.508 e. The summed E-state index contributed by atoms with van der Waals surface area (Å²) in [6.07, 6.45) is 0.645. The molecule has 27 heavy (non-hydrogen) atoms. The number of hydrogen-bond donors (Lipinski definition) is 2. The molecule has 1 atom stereocenters. The van der Waals surface area contributed by atoms with E-state index in [0.717, 1.165) is 11.1 Å². The highest BCUT2D eigenvalue weighted by Gasteiger charge is 2.40. The molecule has 2 N–H and O–H groups in total. The molecule has 1 aromatic rings. The molecule has 0 aliphatic carbocycles. The smallest absolute Gasteiger partial charge is 0.228 e. The molecular weight excluding hydrogens is 362 g/mol. The van der Waals surface area contributed by atoms with Crippen LogP contribution in [0.5, 0.6) is 5.75 Å². The van der Waals surface area contributed by atoms with E-state index < -0.39 is 20.0 Å². The molecule has 1 unspecified atom stereocenters. The Morgan fingerprint density at radius 1 is 1.22 bits per heavy atom. The van der Waals surface area contributed by atoms with E-state index in [0.29, 0.717) is 18.4 Å². The molecular formula is C20H35NO5Si. The molecule has 0 radical (unpaired) electrons. The third-order valence-corrected chi connectivity index (χ3v) is 10.0. The molecule has 154 valence electrons. The van der Waals surface area contributed by atoms with Crippen molar-refractivity contribution in [2.75, 3.05) is 6.54 Å². The quantitative estimate of drug-likeness (QED) is 0.382. The molecule has 1 rings (SSSR count). The summed E-state index contributed by atoms with van der Waals surface area (Å²) < 4.78 is 6.29. The molecule has 0 saturated carbocycles. The van der Waals surface area contributed by atoms with Gasteiger partial charge in [-0.05, 0) is 75.0 Å². The zero-order valence-corrected chi connectivity index (χ0v) is 18.9. The zero-order valence-electron chi connectivity index (χ0n) is 17.9. The standard InChI is InChI=1S/C20H35NO5Si/c1-14-11-18(22)17(20(5,6)23)12-15(14)9-10-16(13-21(24)25)26-27(7,8)19(2,3)4/h11-12,16,22-23H,9-10,13H2,1-8H3. The van der Waals surface area contributed by atoms with Crippen molar-refractivity contribution < 1.29 is 19.6 Å². The summed E-state index contributed by atoms with van der Waals surface area (Å²) in [5.41, 5.74) is 1.15. The van der Waals surface area contributed by atoms with Crippen molar-refractivity contribution in [1.29, 1.82) is 0 Å². The fourth-order valence-electron chi connectivity index (χ4n) is 2.76. The van der Waals surface area contributed by atoms with Crippen molar-refractivity contribution in [1.82, 2.24) is 0 Å². The van der Waals surface area contributed by atoms with E-state index in [1.165, 1.54) is 0 Å². The van der Waals surface area contributed by atoms with Crippen LogP contribution < -0.4 is 0 Å². The first-order valence-electron chi connectivity index (χ1n) is 9.39. The Kier molecular flexibility index (Phi) is 7.24. The van der Waals surface area contributed by atoms with E-state index >= 15 is 0 Å². The summed E-state index contributed by atoms with van der Waals surface area (Å²) in [7, 11) is -2.12. The lowest BCUT2D eigenvalue weighted by Gasteiger charge is -2.38. The normalized spacial score (nSPS) is 14.3. The second-order valence-electron chi connectivity index (χ2n) is 9.41. The van der Waals surface area contributed by atoms with Gasteiger partial charge in [-0.1, -0.05) is 20.8 Å². The first-order valence-corrected chi connectivity index (χ1v) is 12.3. The third-order valence-electron chi connectivity index (χ3n) is 5.47. The average molecular weight is 398 g/mol. The number of nitro groups is 1. The van der Waals surface area contributed by atoms with Gasteiger partial charge in [0.2, 0.25) is 6.54 Å². The maximum absolute atomic E-state index is 11.1. The predicted molar refractivity (Wildman–Crippen MR) is 110 cm³/mol. The van der Waals surface area contributed by atoms with Crippen LogP contribution in [0.25, 0.3) is 0 Å². The van der Waals surface area contributed by atoms with E-state index in [2.05, 4.69) is 33.9 Å². The number of aryl methyl sites for hydroxylation is 2. The number of benzene rings is 1. The van der Waals surface area contributed by atoms with Crippen molar-refractivity contribution in [2.45, 2.75) is 84.2 Å². The average Bonchev–Trinajstić information content (AvgIpc) is 2.42. The summed E-state index contributed by atoms with van der Waals surface area (Å²) in [5.74, 6) is 0.0584. The van der Waals surface area contributed by atoms with Gasteiger partial charge in [0, 0.05) is 10.5 Å². The van der Waals surface area contributed by atoms with E-state index in [-0.39, 0.29) is 22.3 Å². The number of aliphatic hydroxyl groups is 1. The number of aromatic hydroxyl groups is 1. The van der Waals surface area contributed by atoms with Crippen LogP contribution in [-0.2, 0) is 16.4 Å². The van der Waals surface area contributed by atoms with Crippen molar-refractivity contribution in [2.24, 2.45) is 0 Å². The lowest BCUT2D eigenvalue weighted by Crippen LogP contribution is -2.45. The Labute approximate surface area is 163 Å². The second kappa shape index (κ2) is 8.28. The number of phenols is 1. The number of nitrogens with zero attached hydrogens (tertiary/aromatic N) is 1. The minimum atomic E-state index is -2.12. The maximum Gasteiger partial charge on any atom is 0.228 e. The first-order chi connectivity index (χ1) is 12.0. The van der Waals surface area contributed by atoms with Gasteiger partial charge in [0.25, 0.3) is 0 Å². The van der Waals surface area contributed by atoms with Gasteiger partial charge in [-0.3, -0.25) is 10.1 Å². The Hall–Kier alpha value is -1.44. The molecule has 0 aromatic heterocycles. The maximum atomic E-state index is 11.1. The molecule has 7 heteroatoms. The molecule has 0 spiro atoms. The van der Waals surface area contributed by atoms with Gasteiger partial charge in [-0.25, -0.2) is 0 Å². The van der Waals surface area contributed by atoms with Crippen LogP contribution in [0.4, 0.5) is 0 Å². The summed E-state index contributed by atoms with van der Waals surface area (Å²) in [5, 5.41) is 31.5. The van der Waals surface area contributed by atoms with E-state index in [1.807, 2.05) is 6.92 Å². The van der Waals surface area contributed by atoms with Crippen LogP contribution in [0, 0.1) is 17.0 Å². The van der Waals surface area contributed by atoms with Gasteiger partial charge in [-0.15, -0.1) is 0 Å². The van der Waals surface area contributed by atoms with Crippen LogP contribution in [0.1, 0.15) is 57.7 Å². The molecule has 0 heterocycles. The van der Waals surface area contributed by atoms with Crippen LogP contribution in [0.3, 0.4) is 0 Å². The van der Waals surface area contributed by atoms with E-state index in [1.54, 1.807) is 26.0 Å². The fraction of sp³-hybridized carbons (Fsp3) is 0.700. The van der Waals surface area contributed by atoms with Gasteiger partial charge < -0.3 is 14.6 Å². The first kappa shape index (κ1) is 23.6. The molecule has 1 aromatic carbocycles. The molecule has 0 aliphatic heterocycles. The van der Waals surface area contributed by atoms with Gasteiger partial charge in [0.05, 0.1) is 5.60 Å². The van der Waals surface area contributed by atoms with Crippen molar-refractivity contribution >= 4 is 8.32 Å². The van der Waals surface area contributed by atoms with Crippen molar-refractivity contribution in [3.05, 3.63) is 38.9 Å². The van der Waals surface area contributed by atoms with Gasteiger partial charge in [-0.2, -0.15) is 0 Å². The van der Waals surface area contributed by atoms with E-state index in [4.69, 9.17) is 4.43 Å². The van der Waals surface area contributed by atoms with Crippen LogP contribution >= 0.6 is 0 Å². The highest BCUT2D eigenvalue weighted by atomic mass is 28.4. The van der Waals surface area contributed by atoms with Crippen molar-refractivity contribution in [3.63, 3.8) is 0 Å². The van der Waals surface area contributed by atoms with Gasteiger partial charge >= 0.3 is 0 Å². The van der Waals surface area contributed by atoms with Gasteiger partial charge in [0.1, 0.15) is 11.9 Å². The Bertz CT molecular complexity index is 674. The summed E-state index contributed by atoms with van der Waals surface area (Å²) >= 11 is 0. The van der Waals surface area contributed by atoms with Crippen LogP contribution in [0.2, 0.25) is 18.1 Å². The lowest BCUT2D eigenvalue weighted by atomic mass is 9.91. The van der Waals surface area contributed by atoms with Gasteiger partial charge in [0.15, 0.2) is 8.32 Å². The monoisotopic (exact) mass is 397 g/mol. The topological polar surface area (TPSA) is 92.8 Å². The van der Waals surface area contributed by atoms with Crippen molar-refractivity contribution in [3.8, 4) is 5.75 Å². The number of rotatable bonds is 8. The Morgan fingerprint density at radius 3 is 2.22 bits per heavy atom. The Balaban J connectivity index is 3.04. The van der Waals surface area contributed by atoms with E-state index in [9.17, 15) is 20.3 Å². The molecule has 0 aliphatic rings. The summed E-state index contributed by atoms with van der Waals surface area (Å²) in [6.45, 7) is 15.4. The second-order valence-corrected chi connectivity index (χ2v) is 14.2. The minimum Gasteiger partial charge on any atom is -0.508 e. The number of phenolic OH excluding ortho intramolecular Hbond substituents is 1. The number of hydrogen-bond acceptors (Lipinski definition) is 5.